The molecule has 0 aromatic heterocycles. The van der Waals surface area contributed by atoms with E-state index in [1.54, 1.807) is 19.9 Å². The van der Waals surface area contributed by atoms with Crippen LogP contribution in [0.4, 0.5) is 5.69 Å². The molecule has 0 spiro atoms. The van der Waals surface area contributed by atoms with Crippen LogP contribution >= 0.6 is 15.9 Å². The predicted molar refractivity (Wildman–Crippen MR) is 61.5 cm³/mol. The number of carbonyl (C=O) groups is 1. The van der Waals surface area contributed by atoms with Crippen molar-refractivity contribution in [2.24, 2.45) is 0 Å². The van der Waals surface area contributed by atoms with Gasteiger partial charge in [0.2, 0.25) is 0 Å². The van der Waals surface area contributed by atoms with Crippen molar-refractivity contribution in [2.75, 3.05) is 6.61 Å². The van der Waals surface area contributed by atoms with Gasteiger partial charge in [-0.2, -0.15) is 0 Å². The zero-order chi connectivity index (χ0) is 12.3. The average molecular weight is 288 g/mol. The third-order valence-corrected chi connectivity index (χ3v) is 2.72. The van der Waals surface area contributed by atoms with Crippen LogP contribution in [-0.4, -0.2) is 17.5 Å². The fourth-order valence-corrected chi connectivity index (χ4v) is 1.78. The molecule has 16 heavy (non-hydrogen) atoms. The number of aryl methyl sites for hydroxylation is 1. The highest BCUT2D eigenvalue weighted by atomic mass is 79.9. The molecule has 0 atom stereocenters. The van der Waals surface area contributed by atoms with E-state index in [1.165, 1.54) is 6.07 Å². The first kappa shape index (κ1) is 12.6. The van der Waals surface area contributed by atoms with E-state index in [4.69, 9.17) is 4.74 Å². The lowest BCUT2D eigenvalue weighted by Gasteiger charge is -2.05. The second-order valence-corrected chi connectivity index (χ2v) is 3.92. The summed E-state index contributed by atoms with van der Waals surface area (Å²) >= 11 is 3.04. The van der Waals surface area contributed by atoms with Crippen LogP contribution < -0.4 is 0 Å². The first-order valence-corrected chi connectivity index (χ1v) is 5.38. The second-order valence-electron chi connectivity index (χ2n) is 3.12. The van der Waals surface area contributed by atoms with Crippen LogP contribution in [0, 0.1) is 17.0 Å². The number of rotatable bonds is 3. The van der Waals surface area contributed by atoms with Crippen LogP contribution in [0.15, 0.2) is 16.6 Å². The standard InChI is InChI=1S/C10H10BrNO4/c1-3-16-10(13)7-4-6(2)5-8(9(7)11)12(14)15/h4-5H,3H2,1-2H3. The van der Waals surface area contributed by atoms with Crippen molar-refractivity contribution >= 4 is 27.6 Å². The Balaban J connectivity index is 3.29. The van der Waals surface area contributed by atoms with Gasteiger partial charge in [-0.05, 0) is 41.4 Å². The van der Waals surface area contributed by atoms with Gasteiger partial charge in [0.25, 0.3) is 5.69 Å². The smallest absolute Gasteiger partial charge is 0.339 e. The molecule has 0 amide bonds. The predicted octanol–water partition coefficient (Wildman–Crippen LogP) is 2.84. The van der Waals surface area contributed by atoms with E-state index in [0.29, 0.717) is 5.56 Å². The van der Waals surface area contributed by atoms with E-state index in [0.717, 1.165) is 0 Å². The van der Waals surface area contributed by atoms with Crippen molar-refractivity contribution in [3.8, 4) is 0 Å². The fraction of sp³-hybridized carbons (Fsp3) is 0.300. The molecule has 5 nitrogen and oxygen atoms in total. The van der Waals surface area contributed by atoms with Crippen LogP contribution in [-0.2, 0) is 4.74 Å². The van der Waals surface area contributed by atoms with E-state index in [9.17, 15) is 14.9 Å². The molecule has 0 N–H and O–H groups in total. The lowest BCUT2D eigenvalue weighted by molar-refractivity contribution is -0.385. The first-order chi connectivity index (χ1) is 7.47. The number of nitro benzene ring substituents is 1. The second kappa shape index (κ2) is 5.07. The summed E-state index contributed by atoms with van der Waals surface area (Å²) in [6.45, 7) is 3.59. The summed E-state index contributed by atoms with van der Waals surface area (Å²) in [7, 11) is 0. The molecule has 6 heteroatoms. The highest BCUT2D eigenvalue weighted by Crippen LogP contribution is 2.30. The molecule has 0 aliphatic carbocycles. The molecular formula is C10H10BrNO4. The Kier molecular flexibility index (Phi) is 4.00. The van der Waals surface area contributed by atoms with Crippen molar-refractivity contribution in [2.45, 2.75) is 13.8 Å². The van der Waals surface area contributed by atoms with Crippen molar-refractivity contribution in [3.05, 3.63) is 37.8 Å². The van der Waals surface area contributed by atoms with E-state index in [1.807, 2.05) is 0 Å². The third-order valence-electron chi connectivity index (χ3n) is 1.89. The maximum Gasteiger partial charge on any atom is 0.339 e. The van der Waals surface area contributed by atoms with Crippen LogP contribution in [0.25, 0.3) is 0 Å². The molecule has 0 saturated heterocycles. The summed E-state index contributed by atoms with van der Waals surface area (Å²) in [4.78, 5) is 21.7. The largest absolute Gasteiger partial charge is 0.462 e. The van der Waals surface area contributed by atoms with E-state index in [2.05, 4.69) is 15.9 Å². The molecular weight excluding hydrogens is 278 g/mol. The van der Waals surface area contributed by atoms with Gasteiger partial charge < -0.3 is 4.74 Å². The molecule has 0 bridgehead atoms. The number of nitrogens with zero attached hydrogens (tertiary/aromatic N) is 1. The quantitative estimate of drug-likeness (QED) is 0.487. The van der Waals surface area contributed by atoms with E-state index in [-0.39, 0.29) is 22.3 Å². The molecule has 0 radical (unpaired) electrons. The minimum absolute atomic E-state index is 0.136. The van der Waals surface area contributed by atoms with Gasteiger partial charge in [0.1, 0.15) is 4.47 Å². The number of benzene rings is 1. The highest BCUT2D eigenvalue weighted by molar-refractivity contribution is 9.10. The van der Waals surface area contributed by atoms with Crippen molar-refractivity contribution in [1.82, 2.24) is 0 Å². The molecule has 1 aromatic carbocycles. The Bertz CT molecular complexity index is 445. The van der Waals surface area contributed by atoms with Gasteiger partial charge in [0.15, 0.2) is 0 Å². The van der Waals surface area contributed by atoms with Gasteiger partial charge in [-0.25, -0.2) is 4.79 Å². The number of nitro groups is 1. The van der Waals surface area contributed by atoms with Gasteiger partial charge >= 0.3 is 5.97 Å². The Morgan fingerprint density at radius 2 is 2.19 bits per heavy atom. The maximum atomic E-state index is 11.5. The number of carbonyl (C=O) groups excluding carboxylic acids is 1. The zero-order valence-electron chi connectivity index (χ0n) is 8.82. The molecule has 1 aromatic rings. The Labute approximate surface area is 101 Å². The topological polar surface area (TPSA) is 69.4 Å². The van der Waals surface area contributed by atoms with Crippen molar-refractivity contribution in [3.63, 3.8) is 0 Å². The van der Waals surface area contributed by atoms with Gasteiger partial charge in [0.05, 0.1) is 17.1 Å². The van der Waals surface area contributed by atoms with Crippen LogP contribution in [0.5, 0.6) is 0 Å². The first-order valence-electron chi connectivity index (χ1n) is 4.59. The molecule has 0 unspecified atom stereocenters. The average Bonchev–Trinajstić information content (AvgIpc) is 2.20. The van der Waals surface area contributed by atoms with Crippen LogP contribution in [0.1, 0.15) is 22.8 Å². The van der Waals surface area contributed by atoms with E-state index >= 15 is 0 Å². The van der Waals surface area contributed by atoms with Gasteiger partial charge in [-0.1, -0.05) is 0 Å². The maximum absolute atomic E-state index is 11.5. The molecule has 0 aliphatic rings. The van der Waals surface area contributed by atoms with Crippen LogP contribution in [0.3, 0.4) is 0 Å². The van der Waals surface area contributed by atoms with Crippen molar-refractivity contribution in [1.29, 1.82) is 0 Å². The highest BCUT2D eigenvalue weighted by Gasteiger charge is 2.21. The van der Waals surface area contributed by atoms with Gasteiger partial charge in [0, 0.05) is 6.07 Å². The third kappa shape index (κ3) is 2.57. The van der Waals surface area contributed by atoms with Gasteiger partial charge in [-0.3, -0.25) is 10.1 Å². The van der Waals surface area contributed by atoms with E-state index < -0.39 is 10.9 Å². The fourth-order valence-electron chi connectivity index (χ4n) is 1.24. The molecule has 0 aliphatic heterocycles. The summed E-state index contributed by atoms with van der Waals surface area (Å²) in [5, 5.41) is 10.7. The number of hydrogen-bond donors (Lipinski definition) is 0. The zero-order valence-corrected chi connectivity index (χ0v) is 10.4. The molecule has 0 heterocycles. The molecule has 1 rings (SSSR count). The minimum atomic E-state index is -0.568. The normalized spacial score (nSPS) is 9.94. The SMILES string of the molecule is CCOC(=O)c1cc(C)cc([N+](=O)[O-])c1Br. The summed E-state index contributed by atoms with van der Waals surface area (Å²) in [5.74, 6) is -0.568. The Hall–Kier alpha value is -1.43. The number of halogens is 1. The molecule has 86 valence electrons. The van der Waals surface area contributed by atoms with Crippen molar-refractivity contribution < 1.29 is 14.5 Å². The summed E-state index contributed by atoms with van der Waals surface area (Å²) in [5.41, 5.74) is 0.676. The Morgan fingerprint density at radius 1 is 1.56 bits per heavy atom. The Morgan fingerprint density at radius 3 is 2.69 bits per heavy atom. The van der Waals surface area contributed by atoms with Gasteiger partial charge in [-0.15, -0.1) is 0 Å². The summed E-state index contributed by atoms with van der Waals surface area (Å²) in [6, 6.07) is 2.95. The number of hydrogen-bond acceptors (Lipinski definition) is 4. The summed E-state index contributed by atoms with van der Waals surface area (Å²) < 4.78 is 4.96. The minimum Gasteiger partial charge on any atom is -0.462 e. The number of ether oxygens (including phenoxy) is 1. The summed E-state index contributed by atoms with van der Waals surface area (Å²) in [6.07, 6.45) is 0. The lowest BCUT2D eigenvalue weighted by atomic mass is 10.1. The molecule has 0 fully saturated rings. The number of esters is 1. The monoisotopic (exact) mass is 287 g/mol. The molecule has 0 saturated carbocycles. The lowest BCUT2D eigenvalue weighted by Crippen LogP contribution is -2.07. The van der Waals surface area contributed by atoms with Crippen LogP contribution in [0.2, 0.25) is 0 Å².